The molecule has 2 N–H and O–H groups in total. The van der Waals surface area contributed by atoms with Crippen LogP contribution in [0.2, 0.25) is 0 Å². The Morgan fingerprint density at radius 1 is 1.25 bits per heavy atom. The Kier molecular flexibility index (Phi) is 3.13. The summed E-state index contributed by atoms with van der Waals surface area (Å²) in [7, 11) is 0. The highest BCUT2D eigenvalue weighted by Gasteiger charge is 2.45. The Bertz CT molecular complexity index is 585. The highest BCUT2D eigenvalue weighted by molar-refractivity contribution is 5.35. The molecule has 0 aliphatic heterocycles. The van der Waals surface area contributed by atoms with Crippen molar-refractivity contribution in [3.05, 3.63) is 47.6 Å². The number of benzene rings is 1. The molecule has 0 unspecified atom stereocenters. The molecule has 1 aliphatic rings. The second kappa shape index (κ2) is 4.70. The molecule has 3 rings (SSSR count). The number of nitrogens with zero attached hydrogens (tertiary/aromatic N) is 2. The van der Waals surface area contributed by atoms with Gasteiger partial charge in [0.15, 0.2) is 5.82 Å². The summed E-state index contributed by atoms with van der Waals surface area (Å²) < 4.78 is 5.48. The summed E-state index contributed by atoms with van der Waals surface area (Å²) >= 11 is 0. The summed E-state index contributed by atoms with van der Waals surface area (Å²) in [6.07, 6.45) is 3.37. The van der Waals surface area contributed by atoms with Gasteiger partial charge in [-0.1, -0.05) is 41.9 Å². The Labute approximate surface area is 119 Å². The highest BCUT2D eigenvalue weighted by atomic mass is 16.5. The van der Waals surface area contributed by atoms with Crippen LogP contribution in [0.4, 0.5) is 0 Å². The number of hydrogen-bond donors (Lipinski definition) is 1. The molecule has 0 atom stereocenters. The monoisotopic (exact) mass is 271 g/mol. The zero-order chi connectivity index (χ0) is 14.2. The lowest BCUT2D eigenvalue weighted by molar-refractivity contribution is 0.265. The summed E-state index contributed by atoms with van der Waals surface area (Å²) in [6.45, 7) is 4.55. The lowest BCUT2D eigenvalue weighted by Gasteiger charge is -2.39. The minimum absolute atomic E-state index is 0.0618. The van der Waals surface area contributed by atoms with E-state index >= 15 is 0 Å². The average Bonchev–Trinajstić information content (AvgIpc) is 2.89. The smallest absolute Gasteiger partial charge is 0.233 e. The zero-order valence-electron chi connectivity index (χ0n) is 12.1. The SMILES string of the molecule is CC(C)(CN)c1nc(C2(c3ccccc3)CCC2)no1. The van der Waals surface area contributed by atoms with E-state index in [0.717, 1.165) is 18.7 Å². The number of nitrogens with two attached hydrogens (primary N) is 1. The fourth-order valence-corrected chi connectivity index (χ4v) is 2.71. The summed E-state index contributed by atoms with van der Waals surface area (Å²) in [5, 5.41) is 4.26. The molecule has 0 amide bonds. The second-order valence-corrected chi connectivity index (χ2v) is 6.31. The molecule has 2 aromatic rings. The molecule has 1 heterocycles. The molecule has 4 nitrogen and oxygen atoms in total. The first-order valence-corrected chi connectivity index (χ1v) is 7.19. The van der Waals surface area contributed by atoms with Crippen LogP contribution in [0.25, 0.3) is 0 Å². The van der Waals surface area contributed by atoms with Gasteiger partial charge in [-0.3, -0.25) is 0 Å². The standard InChI is InChI=1S/C16H21N3O/c1-15(2,11-17)14-18-13(19-20-14)16(9-6-10-16)12-7-4-3-5-8-12/h3-5,7-8H,6,9-11,17H2,1-2H3. The predicted octanol–water partition coefficient (Wildman–Crippen LogP) is 2.78. The first-order valence-electron chi connectivity index (χ1n) is 7.19. The average molecular weight is 271 g/mol. The zero-order valence-corrected chi connectivity index (χ0v) is 12.1. The molecule has 1 fully saturated rings. The molecule has 0 bridgehead atoms. The van der Waals surface area contributed by atoms with Crippen molar-refractivity contribution in [2.45, 2.75) is 43.9 Å². The quantitative estimate of drug-likeness (QED) is 0.928. The van der Waals surface area contributed by atoms with Crippen LogP contribution in [-0.4, -0.2) is 16.7 Å². The van der Waals surface area contributed by atoms with Crippen molar-refractivity contribution < 1.29 is 4.52 Å². The second-order valence-electron chi connectivity index (χ2n) is 6.31. The van der Waals surface area contributed by atoms with Crippen molar-refractivity contribution in [3.8, 4) is 0 Å². The number of rotatable bonds is 4. The van der Waals surface area contributed by atoms with E-state index in [-0.39, 0.29) is 10.8 Å². The van der Waals surface area contributed by atoms with Gasteiger partial charge in [0.25, 0.3) is 0 Å². The minimum atomic E-state index is -0.271. The molecular formula is C16H21N3O. The molecule has 1 saturated carbocycles. The van der Waals surface area contributed by atoms with E-state index < -0.39 is 0 Å². The van der Waals surface area contributed by atoms with Crippen LogP contribution in [0.5, 0.6) is 0 Å². The normalized spacial score (nSPS) is 17.8. The fourth-order valence-electron chi connectivity index (χ4n) is 2.71. The van der Waals surface area contributed by atoms with Crippen molar-refractivity contribution in [2.75, 3.05) is 6.54 Å². The summed E-state index contributed by atoms with van der Waals surface area (Å²) in [5.74, 6) is 1.45. The lowest BCUT2D eigenvalue weighted by Crippen LogP contribution is -2.37. The van der Waals surface area contributed by atoms with Crippen LogP contribution in [0.3, 0.4) is 0 Å². The fraction of sp³-hybridized carbons (Fsp3) is 0.500. The topological polar surface area (TPSA) is 64.9 Å². The third-order valence-corrected chi connectivity index (χ3v) is 4.48. The molecular weight excluding hydrogens is 250 g/mol. The van der Waals surface area contributed by atoms with Crippen LogP contribution in [0.15, 0.2) is 34.9 Å². The van der Waals surface area contributed by atoms with E-state index in [1.807, 2.05) is 19.9 Å². The van der Waals surface area contributed by atoms with Gasteiger partial charge in [-0.05, 0) is 32.3 Å². The van der Waals surface area contributed by atoms with E-state index in [4.69, 9.17) is 10.3 Å². The molecule has 1 aliphatic carbocycles. The van der Waals surface area contributed by atoms with Gasteiger partial charge in [-0.25, -0.2) is 0 Å². The molecule has 1 aromatic heterocycles. The van der Waals surface area contributed by atoms with Crippen molar-refractivity contribution in [1.29, 1.82) is 0 Å². The molecule has 20 heavy (non-hydrogen) atoms. The first kappa shape index (κ1) is 13.3. The van der Waals surface area contributed by atoms with E-state index in [0.29, 0.717) is 12.4 Å². The molecule has 0 saturated heterocycles. The maximum absolute atomic E-state index is 5.79. The third-order valence-electron chi connectivity index (χ3n) is 4.48. The first-order chi connectivity index (χ1) is 9.58. The molecule has 0 spiro atoms. The van der Waals surface area contributed by atoms with Crippen molar-refractivity contribution in [1.82, 2.24) is 10.1 Å². The largest absolute Gasteiger partial charge is 0.339 e. The Balaban J connectivity index is 1.99. The van der Waals surface area contributed by atoms with E-state index in [2.05, 4.69) is 34.4 Å². The third kappa shape index (κ3) is 1.95. The number of aromatic nitrogens is 2. The molecule has 106 valence electrons. The Hall–Kier alpha value is -1.68. The predicted molar refractivity (Wildman–Crippen MR) is 77.5 cm³/mol. The summed E-state index contributed by atoms with van der Waals surface area (Å²) in [6, 6.07) is 10.5. The van der Waals surface area contributed by atoms with Gasteiger partial charge in [0, 0.05) is 6.54 Å². The van der Waals surface area contributed by atoms with Gasteiger partial charge in [0.05, 0.1) is 10.8 Å². The maximum atomic E-state index is 5.79. The van der Waals surface area contributed by atoms with Crippen LogP contribution in [0.1, 0.15) is 50.4 Å². The van der Waals surface area contributed by atoms with Gasteiger partial charge in [-0.15, -0.1) is 0 Å². The highest BCUT2D eigenvalue weighted by Crippen LogP contribution is 2.47. The van der Waals surface area contributed by atoms with Crippen LogP contribution in [0, 0.1) is 0 Å². The van der Waals surface area contributed by atoms with E-state index in [9.17, 15) is 0 Å². The molecule has 0 radical (unpaired) electrons. The van der Waals surface area contributed by atoms with Gasteiger partial charge in [0.1, 0.15) is 0 Å². The van der Waals surface area contributed by atoms with Gasteiger partial charge < -0.3 is 10.3 Å². The lowest BCUT2D eigenvalue weighted by atomic mass is 9.64. The van der Waals surface area contributed by atoms with Gasteiger partial charge >= 0.3 is 0 Å². The molecule has 1 aromatic carbocycles. The number of hydrogen-bond acceptors (Lipinski definition) is 4. The van der Waals surface area contributed by atoms with Crippen molar-refractivity contribution in [3.63, 3.8) is 0 Å². The summed E-state index contributed by atoms with van der Waals surface area (Å²) in [5.41, 5.74) is 6.74. The van der Waals surface area contributed by atoms with E-state index in [1.165, 1.54) is 12.0 Å². The van der Waals surface area contributed by atoms with Crippen molar-refractivity contribution in [2.24, 2.45) is 5.73 Å². The maximum Gasteiger partial charge on any atom is 0.233 e. The van der Waals surface area contributed by atoms with E-state index in [1.54, 1.807) is 0 Å². The Morgan fingerprint density at radius 3 is 2.50 bits per heavy atom. The van der Waals surface area contributed by atoms with Crippen molar-refractivity contribution >= 4 is 0 Å². The van der Waals surface area contributed by atoms with Crippen LogP contribution in [-0.2, 0) is 10.8 Å². The van der Waals surface area contributed by atoms with Crippen LogP contribution >= 0.6 is 0 Å². The summed E-state index contributed by atoms with van der Waals surface area (Å²) in [4.78, 5) is 4.67. The Morgan fingerprint density at radius 2 is 1.95 bits per heavy atom. The minimum Gasteiger partial charge on any atom is -0.339 e. The van der Waals surface area contributed by atoms with Gasteiger partial charge in [0.2, 0.25) is 5.89 Å². The van der Waals surface area contributed by atoms with Gasteiger partial charge in [-0.2, -0.15) is 4.98 Å². The van der Waals surface area contributed by atoms with Crippen LogP contribution < -0.4 is 5.73 Å². The molecule has 4 heteroatoms.